The number of nitrogens with zero attached hydrogens (tertiary/aromatic N) is 2. The van der Waals surface area contributed by atoms with E-state index in [1.54, 1.807) is 0 Å². The molecule has 0 unspecified atom stereocenters. The van der Waals surface area contributed by atoms with E-state index < -0.39 is 34.9 Å². The van der Waals surface area contributed by atoms with Crippen LogP contribution in [0.25, 0.3) is 5.69 Å². The van der Waals surface area contributed by atoms with E-state index in [1.165, 1.54) is 0 Å². The van der Waals surface area contributed by atoms with Gasteiger partial charge in [0.1, 0.15) is 0 Å². The molecule has 1 aromatic heterocycles. The Morgan fingerprint density at radius 1 is 1.28 bits per heavy atom. The van der Waals surface area contributed by atoms with Crippen molar-refractivity contribution in [3.8, 4) is 5.69 Å². The normalized spacial score (nSPS) is 11.2. The second-order valence-electron chi connectivity index (χ2n) is 3.45. The Hall–Kier alpha value is -2.25. The molecule has 5 nitrogen and oxygen atoms in total. The Morgan fingerprint density at radius 2 is 1.94 bits per heavy atom. The molecule has 2 rings (SSSR count). The van der Waals surface area contributed by atoms with Crippen LogP contribution in [0, 0.1) is 5.82 Å². The van der Waals surface area contributed by atoms with Gasteiger partial charge in [0.25, 0.3) is 6.43 Å². The van der Waals surface area contributed by atoms with Crippen LogP contribution in [0.1, 0.15) is 12.0 Å². The predicted octanol–water partition coefficient (Wildman–Crippen LogP) is 1.21. The van der Waals surface area contributed by atoms with Crippen LogP contribution in [0.2, 0.25) is 0 Å². The Labute approximate surface area is 97.6 Å². The molecular weight excluding hydrogens is 253 g/mol. The smallest absolute Gasteiger partial charge is 0.317 e. The van der Waals surface area contributed by atoms with Crippen molar-refractivity contribution in [3.05, 3.63) is 50.6 Å². The van der Waals surface area contributed by atoms with Gasteiger partial charge in [0, 0.05) is 0 Å². The first kappa shape index (κ1) is 12.2. The van der Waals surface area contributed by atoms with Crippen molar-refractivity contribution in [2.45, 2.75) is 6.43 Å². The number of aromatic nitrogens is 2. The Balaban J connectivity index is 2.77. The number of hydrogen-bond acceptors (Lipinski definition) is 3. The third-order valence-corrected chi connectivity index (χ3v) is 2.34. The Morgan fingerprint density at radius 3 is 2.44 bits per heavy atom. The molecule has 0 aliphatic heterocycles. The number of alkyl halides is 2. The lowest BCUT2D eigenvalue weighted by atomic mass is 10.2. The van der Waals surface area contributed by atoms with Crippen LogP contribution >= 0.6 is 0 Å². The summed E-state index contributed by atoms with van der Waals surface area (Å²) in [7, 11) is 1.15. The second-order valence-corrected chi connectivity index (χ2v) is 3.45. The molecule has 0 saturated carbocycles. The van der Waals surface area contributed by atoms with E-state index in [-0.39, 0.29) is 0 Å². The topological polar surface area (TPSA) is 57.1 Å². The van der Waals surface area contributed by atoms with Crippen molar-refractivity contribution in [2.75, 3.05) is 0 Å². The van der Waals surface area contributed by atoms with Crippen LogP contribution in [0.3, 0.4) is 0 Å². The molecule has 0 amide bonds. The first-order chi connectivity index (χ1) is 8.43. The predicted molar refractivity (Wildman–Crippen MR) is 54.5 cm³/mol. The molecule has 0 spiro atoms. The van der Waals surface area contributed by atoms with Gasteiger partial charge in [0.15, 0.2) is 5.82 Å². The lowest BCUT2D eigenvalue weighted by Gasteiger charge is -2.05. The summed E-state index contributed by atoms with van der Waals surface area (Å²) >= 11 is 0. The quantitative estimate of drug-likeness (QED) is 0.815. The molecule has 0 N–H and O–H groups in total. The summed E-state index contributed by atoms with van der Waals surface area (Å²) in [5.74, 6) is -2.47. The van der Waals surface area contributed by atoms with E-state index in [2.05, 4.69) is 4.52 Å². The van der Waals surface area contributed by atoms with Gasteiger partial charge in [-0.15, -0.1) is 0 Å². The molecule has 18 heavy (non-hydrogen) atoms. The number of benzene rings is 1. The lowest BCUT2D eigenvalue weighted by molar-refractivity contribution is 0.146. The summed E-state index contributed by atoms with van der Waals surface area (Å²) in [5.41, 5.74) is -2.40. The zero-order chi connectivity index (χ0) is 13.4. The van der Waals surface area contributed by atoms with Crippen molar-refractivity contribution >= 4 is 0 Å². The highest BCUT2D eigenvalue weighted by molar-refractivity contribution is 5.38. The van der Waals surface area contributed by atoms with E-state index in [1.807, 2.05) is 0 Å². The van der Waals surface area contributed by atoms with Gasteiger partial charge in [-0.25, -0.2) is 22.8 Å². The van der Waals surface area contributed by atoms with Crippen LogP contribution in [-0.2, 0) is 7.05 Å². The number of halogens is 3. The van der Waals surface area contributed by atoms with Gasteiger partial charge >= 0.3 is 11.4 Å². The number of rotatable bonds is 2. The summed E-state index contributed by atoms with van der Waals surface area (Å²) < 4.78 is 44.1. The second kappa shape index (κ2) is 4.21. The Bertz CT molecular complexity index is 699. The highest BCUT2D eigenvalue weighted by atomic mass is 19.3. The molecule has 0 aliphatic rings. The molecule has 0 aliphatic carbocycles. The standard InChI is InChI=1S/C10H7F3N2O3/c1-14-9(16)15(10(17)18-14)6-4-2-3-5(7(6)11)8(12)13/h2-4,8H,1H3. The fraction of sp³-hybridized carbons (Fsp3) is 0.200. The van der Waals surface area contributed by atoms with Gasteiger partial charge in [0.2, 0.25) is 0 Å². The van der Waals surface area contributed by atoms with Crippen LogP contribution in [-0.4, -0.2) is 9.31 Å². The zero-order valence-corrected chi connectivity index (χ0v) is 9.06. The fourth-order valence-electron chi connectivity index (χ4n) is 1.50. The lowest BCUT2D eigenvalue weighted by Crippen LogP contribution is -2.27. The third-order valence-electron chi connectivity index (χ3n) is 2.34. The average molecular weight is 260 g/mol. The minimum atomic E-state index is -3.04. The molecule has 0 atom stereocenters. The van der Waals surface area contributed by atoms with Crippen molar-refractivity contribution in [3.63, 3.8) is 0 Å². The summed E-state index contributed by atoms with van der Waals surface area (Å²) in [6.45, 7) is 0. The van der Waals surface area contributed by atoms with Crippen molar-refractivity contribution < 1.29 is 17.7 Å². The van der Waals surface area contributed by atoms with Crippen molar-refractivity contribution in [2.24, 2.45) is 7.05 Å². The maximum absolute atomic E-state index is 13.7. The maximum Gasteiger partial charge on any atom is 0.447 e. The minimum Gasteiger partial charge on any atom is -0.317 e. The van der Waals surface area contributed by atoms with E-state index in [0.717, 1.165) is 25.2 Å². The molecule has 0 radical (unpaired) electrons. The van der Waals surface area contributed by atoms with Gasteiger partial charge in [-0.3, -0.25) is 0 Å². The van der Waals surface area contributed by atoms with Crippen LogP contribution in [0.4, 0.5) is 13.2 Å². The first-order valence-electron chi connectivity index (χ1n) is 4.79. The van der Waals surface area contributed by atoms with Gasteiger partial charge in [0.05, 0.1) is 18.3 Å². The molecule has 0 saturated heterocycles. The van der Waals surface area contributed by atoms with Crippen LogP contribution in [0.15, 0.2) is 32.3 Å². The van der Waals surface area contributed by atoms with E-state index in [0.29, 0.717) is 9.31 Å². The van der Waals surface area contributed by atoms with E-state index in [4.69, 9.17) is 0 Å². The molecule has 1 aromatic carbocycles. The SMILES string of the molecule is Cn1oc(=O)n(-c2cccc(C(F)F)c2F)c1=O. The van der Waals surface area contributed by atoms with Crippen molar-refractivity contribution in [1.29, 1.82) is 0 Å². The van der Waals surface area contributed by atoms with E-state index >= 15 is 0 Å². The third kappa shape index (κ3) is 1.75. The minimum absolute atomic E-state index is 0.348. The monoisotopic (exact) mass is 260 g/mol. The molecule has 2 aromatic rings. The first-order valence-corrected chi connectivity index (χ1v) is 4.79. The molecule has 8 heteroatoms. The summed E-state index contributed by atoms with van der Waals surface area (Å²) in [4.78, 5) is 22.8. The highest BCUT2D eigenvalue weighted by Gasteiger charge is 2.20. The molecule has 0 bridgehead atoms. The largest absolute Gasteiger partial charge is 0.447 e. The molecule has 96 valence electrons. The Kier molecular flexibility index (Phi) is 2.85. The highest BCUT2D eigenvalue weighted by Crippen LogP contribution is 2.24. The van der Waals surface area contributed by atoms with Crippen LogP contribution < -0.4 is 11.4 Å². The molecular formula is C10H7F3N2O3. The van der Waals surface area contributed by atoms with Crippen LogP contribution in [0.5, 0.6) is 0 Å². The number of aryl methyl sites for hydroxylation is 1. The summed E-state index contributed by atoms with van der Waals surface area (Å²) in [6, 6.07) is 3.04. The summed E-state index contributed by atoms with van der Waals surface area (Å²) in [5, 5.41) is 0. The zero-order valence-electron chi connectivity index (χ0n) is 9.06. The van der Waals surface area contributed by atoms with E-state index in [9.17, 15) is 22.8 Å². The summed E-state index contributed by atoms with van der Waals surface area (Å²) in [6.07, 6.45) is -3.04. The van der Waals surface area contributed by atoms with Gasteiger partial charge in [-0.05, 0) is 6.07 Å². The molecule has 0 fully saturated rings. The number of hydrogen-bond donors (Lipinski definition) is 0. The van der Waals surface area contributed by atoms with Gasteiger partial charge in [-0.1, -0.05) is 12.1 Å². The van der Waals surface area contributed by atoms with Gasteiger partial charge in [-0.2, -0.15) is 9.31 Å². The maximum atomic E-state index is 13.7. The van der Waals surface area contributed by atoms with Gasteiger partial charge < -0.3 is 4.52 Å². The van der Waals surface area contributed by atoms with Crippen molar-refractivity contribution in [1.82, 2.24) is 9.31 Å². The average Bonchev–Trinajstić information content (AvgIpc) is 2.54. The molecule has 1 heterocycles. The fourth-order valence-corrected chi connectivity index (χ4v) is 1.50.